The third-order valence-corrected chi connectivity index (χ3v) is 2.96. The molecule has 1 rings (SSSR count). The van der Waals surface area contributed by atoms with Gasteiger partial charge in [-0.2, -0.15) is 0 Å². The van der Waals surface area contributed by atoms with E-state index in [0.717, 1.165) is 0 Å². The lowest BCUT2D eigenvalue weighted by Crippen LogP contribution is -2.40. The van der Waals surface area contributed by atoms with Gasteiger partial charge >= 0.3 is 5.97 Å². The summed E-state index contributed by atoms with van der Waals surface area (Å²) < 4.78 is 0. The number of nitrogens with zero attached hydrogens (tertiary/aromatic N) is 2. The van der Waals surface area contributed by atoms with E-state index in [4.69, 9.17) is 16.7 Å². The molecule has 0 aliphatic carbocycles. The minimum Gasteiger partial charge on any atom is -0.481 e. The fraction of sp³-hybridized carbons (Fsp3) is 0.455. The minimum atomic E-state index is -0.998. The van der Waals surface area contributed by atoms with E-state index in [1.807, 2.05) is 0 Å². The zero-order chi connectivity index (χ0) is 13.8. The lowest BCUT2D eigenvalue weighted by atomic mass is 9.88. The fourth-order valence-corrected chi connectivity index (χ4v) is 1.32. The number of hydrogen-bond acceptors (Lipinski definition) is 4. The highest BCUT2D eigenvalue weighted by molar-refractivity contribution is 6.29. The second-order valence-electron chi connectivity index (χ2n) is 4.13. The Balaban J connectivity index is 2.69. The first-order valence-electron chi connectivity index (χ1n) is 5.38. The van der Waals surface area contributed by atoms with E-state index < -0.39 is 17.3 Å². The third-order valence-electron chi connectivity index (χ3n) is 2.77. The SMILES string of the molecule is CCC(C)(CNC(=O)c1cncc(Cl)n1)C(=O)O. The molecule has 1 unspecified atom stereocenters. The molecular weight excluding hydrogens is 258 g/mol. The quantitative estimate of drug-likeness (QED) is 0.844. The van der Waals surface area contributed by atoms with E-state index in [9.17, 15) is 9.59 Å². The van der Waals surface area contributed by atoms with Crippen molar-refractivity contribution in [3.05, 3.63) is 23.2 Å². The molecule has 0 bridgehead atoms. The predicted molar refractivity (Wildman–Crippen MR) is 65.4 cm³/mol. The van der Waals surface area contributed by atoms with Gasteiger partial charge in [-0.15, -0.1) is 0 Å². The highest BCUT2D eigenvalue weighted by atomic mass is 35.5. The van der Waals surface area contributed by atoms with Crippen molar-refractivity contribution in [1.29, 1.82) is 0 Å². The Morgan fingerprint density at radius 1 is 1.50 bits per heavy atom. The molecule has 0 radical (unpaired) electrons. The smallest absolute Gasteiger partial charge is 0.311 e. The van der Waals surface area contributed by atoms with Crippen LogP contribution >= 0.6 is 11.6 Å². The van der Waals surface area contributed by atoms with Crippen LogP contribution in [-0.2, 0) is 4.79 Å². The lowest BCUT2D eigenvalue weighted by Gasteiger charge is -2.22. The molecule has 0 fully saturated rings. The predicted octanol–water partition coefficient (Wildman–Crippen LogP) is 1.36. The van der Waals surface area contributed by atoms with Crippen LogP contribution in [0.15, 0.2) is 12.4 Å². The first-order valence-corrected chi connectivity index (χ1v) is 5.76. The van der Waals surface area contributed by atoms with Gasteiger partial charge in [0.25, 0.3) is 5.91 Å². The van der Waals surface area contributed by atoms with E-state index in [1.165, 1.54) is 12.4 Å². The number of carboxylic acid groups (broad SMARTS) is 1. The van der Waals surface area contributed by atoms with Crippen LogP contribution in [0.5, 0.6) is 0 Å². The number of carbonyl (C=O) groups excluding carboxylic acids is 1. The minimum absolute atomic E-state index is 0.0197. The van der Waals surface area contributed by atoms with Crippen LogP contribution in [0.1, 0.15) is 30.8 Å². The number of nitrogens with one attached hydrogen (secondary N) is 1. The number of halogens is 1. The van der Waals surface area contributed by atoms with Crippen LogP contribution in [0.2, 0.25) is 5.15 Å². The summed E-state index contributed by atoms with van der Waals surface area (Å²) in [7, 11) is 0. The molecule has 2 N–H and O–H groups in total. The summed E-state index contributed by atoms with van der Waals surface area (Å²) in [4.78, 5) is 30.3. The second-order valence-corrected chi connectivity index (χ2v) is 4.52. The number of carbonyl (C=O) groups is 2. The van der Waals surface area contributed by atoms with Gasteiger partial charge in [0.2, 0.25) is 0 Å². The molecule has 0 spiro atoms. The number of carboxylic acids is 1. The van der Waals surface area contributed by atoms with E-state index in [-0.39, 0.29) is 17.4 Å². The molecule has 0 saturated carbocycles. The normalized spacial score (nSPS) is 13.7. The maximum atomic E-state index is 11.7. The highest BCUT2D eigenvalue weighted by Gasteiger charge is 2.31. The van der Waals surface area contributed by atoms with Crippen molar-refractivity contribution in [3.63, 3.8) is 0 Å². The molecule has 0 saturated heterocycles. The van der Waals surface area contributed by atoms with Gasteiger partial charge in [-0.25, -0.2) is 4.98 Å². The van der Waals surface area contributed by atoms with Crippen molar-refractivity contribution in [2.24, 2.45) is 5.41 Å². The summed E-state index contributed by atoms with van der Waals surface area (Å²) in [6.45, 7) is 3.34. The van der Waals surface area contributed by atoms with Crippen molar-refractivity contribution in [1.82, 2.24) is 15.3 Å². The molecule has 7 heteroatoms. The maximum absolute atomic E-state index is 11.7. The Morgan fingerprint density at radius 2 is 2.17 bits per heavy atom. The largest absolute Gasteiger partial charge is 0.481 e. The summed E-state index contributed by atoms with van der Waals surface area (Å²) in [5, 5.41) is 11.7. The molecule has 6 nitrogen and oxygen atoms in total. The third kappa shape index (κ3) is 3.40. The average molecular weight is 272 g/mol. The number of hydrogen-bond donors (Lipinski definition) is 2. The number of aromatic nitrogens is 2. The van der Waals surface area contributed by atoms with E-state index in [0.29, 0.717) is 6.42 Å². The molecule has 0 aliphatic heterocycles. The Morgan fingerprint density at radius 3 is 2.67 bits per heavy atom. The van der Waals surface area contributed by atoms with Crippen LogP contribution in [-0.4, -0.2) is 33.5 Å². The first kappa shape index (κ1) is 14.4. The Kier molecular flexibility index (Phi) is 4.61. The molecule has 18 heavy (non-hydrogen) atoms. The molecule has 1 heterocycles. The van der Waals surface area contributed by atoms with E-state index in [1.54, 1.807) is 13.8 Å². The van der Waals surface area contributed by atoms with Gasteiger partial charge in [0.05, 0.1) is 17.8 Å². The van der Waals surface area contributed by atoms with Crippen LogP contribution in [0, 0.1) is 5.41 Å². The molecule has 1 amide bonds. The van der Waals surface area contributed by atoms with Crippen molar-refractivity contribution in [2.75, 3.05) is 6.54 Å². The summed E-state index contributed by atoms with van der Waals surface area (Å²) in [6.07, 6.45) is 2.99. The van der Waals surface area contributed by atoms with E-state index >= 15 is 0 Å². The standard InChI is InChI=1S/C11H14ClN3O3/c1-3-11(2,10(17)18)6-14-9(16)7-4-13-5-8(12)15-7/h4-5H,3,6H2,1-2H3,(H,14,16)(H,17,18). The fourth-order valence-electron chi connectivity index (χ4n) is 1.17. The second kappa shape index (κ2) is 5.77. The Hall–Kier alpha value is -1.69. The Labute approximate surface area is 109 Å². The summed E-state index contributed by atoms with van der Waals surface area (Å²) in [5.74, 6) is -1.45. The van der Waals surface area contributed by atoms with Gasteiger partial charge in [-0.05, 0) is 13.3 Å². The average Bonchev–Trinajstić information content (AvgIpc) is 2.35. The number of aliphatic carboxylic acids is 1. The van der Waals surface area contributed by atoms with Gasteiger partial charge in [-0.1, -0.05) is 18.5 Å². The van der Waals surface area contributed by atoms with Gasteiger partial charge in [0, 0.05) is 6.54 Å². The molecule has 0 aliphatic rings. The molecular formula is C11H14ClN3O3. The maximum Gasteiger partial charge on any atom is 0.311 e. The van der Waals surface area contributed by atoms with E-state index in [2.05, 4.69) is 15.3 Å². The van der Waals surface area contributed by atoms with Gasteiger partial charge in [0.15, 0.2) is 0 Å². The van der Waals surface area contributed by atoms with Crippen LogP contribution in [0.3, 0.4) is 0 Å². The molecule has 1 atom stereocenters. The van der Waals surface area contributed by atoms with Crippen molar-refractivity contribution in [2.45, 2.75) is 20.3 Å². The number of rotatable bonds is 5. The summed E-state index contributed by atoms with van der Waals surface area (Å²) in [6, 6.07) is 0. The van der Waals surface area contributed by atoms with Crippen LogP contribution < -0.4 is 5.32 Å². The van der Waals surface area contributed by atoms with Crippen LogP contribution in [0.25, 0.3) is 0 Å². The molecule has 98 valence electrons. The van der Waals surface area contributed by atoms with Gasteiger partial charge < -0.3 is 10.4 Å². The molecule has 1 aromatic rings. The van der Waals surface area contributed by atoms with Gasteiger partial charge in [-0.3, -0.25) is 14.6 Å². The summed E-state index contributed by atoms with van der Waals surface area (Å²) >= 11 is 5.61. The summed E-state index contributed by atoms with van der Waals surface area (Å²) in [5.41, 5.74) is -0.937. The molecule has 1 aromatic heterocycles. The van der Waals surface area contributed by atoms with Gasteiger partial charge in [0.1, 0.15) is 10.8 Å². The van der Waals surface area contributed by atoms with Crippen molar-refractivity contribution in [3.8, 4) is 0 Å². The van der Waals surface area contributed by atoms with Crippen molar-refractivity contribution < 1.29 is 14.7 Å². The van der Waals surface area contributed by atoms with Crippen molar-refractivity contribution >= 4 is 23.5 Å². The zero-order valence-electron chi connectivity index (χ0n) is 10.1. The molecule has 0 aromatic carbocycles. The number of amides is 1. The zero-order valence-corrected chi connectivity index (χ0v) is 10.9. The Bertz CT molecular complexity index is 467. The highest BCUT2D eigenvalue weighted by Crippen LogP contribution is 2.20. The topological polar surface area (TPSA) is 92.2 Å². The monoisotopic (exact) mass is 271 g/mol. The lowest BCUT2D eigenvalue weighted by molar-refractivity contribution is -0.147. The first-order chi connectivity index (χ1) is 8.39. The van der Waals surface area contributed by atoms with Crippen LogP contribution in [0.4, 0.5) is 0 Å².